The number of carbonyl (C=O) groups is 1. The van der Waals surface area contributed by atoms with Crippen LogP contribution in [0.1, 0.15) is 11.1 Å². The van der Waals surface area contributed by atoms with E-state index in [9.17, 15) is 9.90 Å². The van der Waals surface area contributed by atoms with Crippen molar-refractivity contribution in [1.82, 2.24) is 10.7 Å². The van der Waals surface area contributed by atoms with Gasteiger partial charge < -0.3 is 10.0 Å². The van der Waals surface area contributed by atoms with Gasteiger partial charge in [0, 0.05) is 25.3 Å². The van der Waals surface area contributed by atoms with Crippen molar-refractivity contribution in [2.45, 2.75) is 0 Å². The number of guanidine groups is 1. The molecule has 26 heavy (non-hydrogen) atoms. The van der Waals surface area contributed by atoms with Crippen molar-refractivity contribution in [2.75, 3.05) is 19.0 Å². The average Bonchev–Trinajstić information content (AvgIpc) is 2.96. The Bertz CT molecular complexity index is 898. The van der Waals surface area contributed by atoms with Crippen LogP contribution >= 0.6 is 0 Å². The van der Waals surface area contributed by atoms with Crippen molar-refractivity contribution in [1.29, 1.82) is 0 Å². The van der Waals surface area contributed by atoms with Gasteiger partial charge in [0.15, 0.2) is 0 Å². The summed E-state index contributed by atoms with van der Waals surface area (Å²) in [7, 11) is 3.94. The van der Waals surface area contributed by atoms with Crippen LogP contribution in [0.4, 0.5) is 5.69 Å². The van der Waals surface area contributed by atoms with Crippen LogP contribution in [-0.2, 0) is 4.79 Å². The van der Waals surface area contributed by atoms with Gasteiger partial charge in [0.2, 0.25) is 5.96 Å². The lowest BCUT2D eigenvalue weighted by Crippen LogP contribution is -2.33. The molecule has 1 aliphatic heterocycles. The summed E-state index contributed by atoms with van der Waals surface area (Å²) in [6.45, 7) is 0. The molecule has 0 radical (unpaired) electrons. The van der Waals surface area contributed by atoms with E-state index in [1.54, 1.807) is 30.3 Å². The molecule has 2 aromatic carbocycles. The molecule has 3 N–H and O–H groups in total. The Hall–Kier alpha value is -3.61. The third kappa shape index (κ3) is 4.07. The molecule has 1 amide bonds. The average molecular weight is 349 g/mol. The van der Waals surface area contributed by atoms with E-state index in [4.69, 9.17) is 0 Å². The zero-order chi connectivity index (χ0) is 18.5. The first-order chi connectivity index (χ1) is 12.5. The van der Waals surface area contributed by atoms with Gasteiger partial charge >= 0.3 is 0 Å². The lowest BCUT2D eigenvalue weighted by Gasteiger charge is -2.11. The molecule has 0 bridgehead atoms. The van der Waals surface area contributed by atoms with Crippen LogP contribution in [0.15, 0.2) is 64.3 Å². The number of nitrogens with zero attached hydrogens (tertiary/aromatic N) is 3. The van der Waals surface area contributed by atoms with Gasteiger partial charge in [-0.2, -0.15) is 5.10 Å². The highest BCUT2D eigenvalue weighted by molar-refractivity contribution is 6.13. The van der Waals surface area contributed by atoms with E-state index in [0.29, 0.717) is 11.3 Å². The highest BCUT2D eigenvalue weighted by atomic mass is 16.3. The van der Waals surface area contributed by atoms with Crippen molar-refractivity contribution in [3.63, 3.8) is 0 Å². The van der Waals surface area contributed by atoms with Crippen LogP contribution in [0.2, 0.25) is 0 Å². The van der Waals surface area contributed by atoms with Crippen LogP contribution in [-0.4, -0.2) is 37.3 Å². The van der Waals surface area contributed by atoms with E-state index in [2.05, 4.69) is 20.8 Å². The molecule has 0 fully saturated rings. The zero-order valence-electron chi connectivity index (χ0n) is 14.5. The number of carbonyl (C=O) groups excluding carboxylic acids is 1. The van der Waals surface area contributed by atoms with E-state index in [1.165, 1.54) is 6.21 Å². The largest absolute Gasteiger partial charge is 0.507 e. The first kappa shape index (κ1) is 17.2. The summed E-state index contributed by atoms with van der Waals surface area (Å²) in [6, 6.07) is 14.6. The minimum absolute atomic E-state index is 0.122. The number of aromatic hydroxyl groups is 1. The Balaban J connectivity index is 1.69. The summed E-state index contributed by atoms with van der Waals surface area (Å²) >= 11 is 0. The fourth-order valence-electron chi connectivity index (χ4n) is 2.31. The summed E-state index contributed by atoms with van der Waals surface area (Å²) in [6.07, 6.45) is 3.15. The molecule has 1 heterocycles. The molecule has 0 spiro atoms. The first-order valence-corrected chi connectivity index (χ1v) is 7.99. The monoisotopic (exact) mass is 349 g/mol. The fraction of sp³-hybridized carbons (Fsp3) is 0.105. The second-order valence-electron chi connectivity index (χ2n) is 5.86. The fourth-order valence-corrected chi connectivity index (χ4v) is 2.31. The number of rotatable bonds is 4. The Labute approximate surface area is 151 Å². The van der Waals surface area contributed by atoms with Crippen molar-refractivity contribution in [2.24, 2.45) is 10.1 Å². The Morgan fingerprint density at radius 1 is 1.15 bits per heavy atom. The van der Waals surface area contributed by atoms with Crippen molar-refractivity contribution in [3.8, 4) is 5.75 Å². The maximum absolute atomic E-state index is 12.0. The van der Waals surface area contributed by atoms with Crippen LogP contribution < -0.4 is 15.6 Å². The standard InChI is InChI=1S/C19H19N5O2/c1-24(2)15-9-7-13(8-10-15)11-16-18(26)22-19(21-16)23-20-12-14-5-3-4-6-17(14)25/h3-12,25H,1-2H3,(H2,21,22,23,26). The lowest BCUT2D eigenvalue weighted by atomic mass is 10.1. The Morgan fingerprint density at radius 2 is 1.88 bits per heavy atom. The van der Waals surface area contributed by atoms with Gasteiger partial charge in [-0.05, 0) is 35.9 Å². The molecule has 1 aliphatic rings. The number of phenolic OH excluding ortho intramolecular Hbond substituents is 1. The normalized spacial score (nSPS) is 15.2. The van der Waals surface area contributed by atoms with E-state index in [1.807, 2.05) is 43.3 Å². The number of amides is 1. The zero-order valence-corrected chi connectivity index (χ0v) is 14.5. The number of hydrogen-bond acceptors (Lipinski definition) is 6. The summed E-state index contributed by atoms with van der Waals surface area (Å²) in [5.74, 6) is 0.0528. The molecule has 0 unspecified atom stereocenters. The first-order valence-electron chi connectivity index (χ1n) is 7.99. The molecular weight excluding hydrogens is 330 g/mol. The molecule has 0 saturated heterocycles. The molecule has 0 aliphatic carbocycles. The number of nitrogens with one attached hydrogen (secondary N) is 2. The number of hydrazone groups is 1. The van der Waals surface area contributed by atoms with Gasteiger partial charge in [0.1, 0.15) is 11.4 Å². The second kappa shape index (κ2) is 7.52. The second-order valence-corrected chi connectivity index (χ2v) is 5.86. The Kier molecular flexibility index (Phi) is 4.98. The number of para-hydroxylation sites is 1. The highest BCUT2D eigenvalue weighted by Gasteiger charge is 2.19. The SMILES string of the molecule is CN(C)c1ccc(C=C2N=C(NN=Cc3ccccc3O)NC2=O)cc1. The molecule has 7 heteroatoms. The van der Waals surface area contributed by atoms with Crippen LogP contribution in [0.25, 0.3) is 6.08 Å². The van der Waals surface area contributed by atoms with Crippen LogP contribution in [0.5, 0.6) is 5.75 Å². The number of phenols is 1. The van der Waals surface area contributed by atoms with Gasteiger partial charge in [0.25, 0.3) is 5.91 Å². The molecule has 7 nitrogen and oxygen atoms in total. The van der Waals surface area contributed by atoms with E-state index < -0.39 is 0 Å². The number of anilines is 1. The van der Waals surface area contributed by atoms with Crippen LogP contribution in [0, 0.1) is 0 Å². The van der Waals surface area contributed by atoms with Crippen molar-refractivity contribution >= 4 is 29.8 Å². The Morgan fingerprint density at radius 3 is 2.58 bits per heavy atom. The number of benzene rings is 2. The summed E-state index contributed by atoms with van der Waals surface area (Å²) in [4.78, 5) is 18.2. The van der Waals surface area contributed by atoms with E-state index in [0.717, 1.165) is 11.3 Å². The van der Waals surface area contributed by atoms with Gasteiger partial charge in [-0.15, -0.1) is 0 Å². The minimum Gasteiger partial charge on any atom is -0.507 e. The predicted molar refractivity (Wildman–Crippen MR) is 103 cm³/mol. The molecule has 3 rings (SSSR count). The number of hydrogen-bond donors (Lipinski definition) is 3. The van der Waals surface area contributed by atoms with Crippen LogP contribution in [0.3, 0.4) is 0 Å². The smallest absolute Gasteiger partial charge is 0.276 e. The summed E-state index contributed by atoms with van der Waals surface area (Å²) in [5, 5.41) is 16.3. The van der Waals surface area contributed by atoms with Crippen molar-refractivity contribution in [3.05, 3.63) is 65.4 Å². The molecule has 132 valence electrons. The van der Waals surface area contributed by atoms with Gasteiger partial charge in [-0.1, -0.05) is 24.3 Å². The minimum atomic E-state index is -0.304. The van der Waals surface area contributed by atoms with Gasteiger partial charge in [-0.25, -0.2) is 10.4 Å². The summed E-state index contributed by atoms with van der Waals surface area (Å²) in [5.41, 5.74) is 5.46. The topological polar surface area (TPSA) is 89.3 Å². The van der Waals surface area contributed by atoms with Gasteiger partial charge in [0.05, 0.1) is 6.21 Å². The maximum atomic E-state index is 12.0. The molecule has 0 atom stereocenters. The lowest BCUT2D eigenvalue weighted by molar-refractivity contribution is -0.115. The molecule has 0 saturated carbocycles. The van der Waals surface area contributed by atoms with Crippen molar-refractivity contribution < 1.29 is 9.90 Å². The molecule has 2 aromatic rings. The van der Waals surface area contributed by atoms with E-state index >= 15 is 0 Å². The highest BCUT2D eigenvalue weighted by Crippen LogP contribution is 2.16. The third-order valence-corrected chi connectivity index (χ3v) is 3.72. The van der Waals surface area contributed by atoms with E-state index in [-0.39, 0.29) is 17.6 Å². The molecule has 0 aromatic heterocycles. The quantitative estimate of drug-likeness (QED) is 0.447. The maximum Gasteiger partial charge on any atom is 0.276 e. The van der Waals surface area contributed by atoms with Gasteiger partial charge in [-0.3, -0.25) is 10.1 Å². The number of aliphatic imine (C=N–C) groups is 1. The molecular formula is C19H19N5O2. The summed E-state index contributed by atoms with van der Waals surface area (Å²) < 4.78 is 0. The third-order valence-electron chi connectivity index (χ3n) is 3.72. The predicted octanol–water partition coefficient (Wildman–Crippen LogP) is 1.91.